The molecule has 0 radical (unpaired) electrons. The molecule has 3 rings (SSSR count). The van der Waals surface area contributed by atoms with E-state index in [4.69, 9.17) is 4.74 Å². The van der Waals surface area contributed by atoms with Crippen molar-refractivity contribution < 1.29 is 4.74 Å². The van der Waals surface area contributed by atoms with Crippen LogP contribution in [0.1, 0.15) is 35.3 Å². The fourth-order valence-corrected chi connectivity index (χ4v) is 2.80. The Hall–Kier alpha value is -1.87. The Kier molecular flexibility index (Phi) is 3.70. The highest BCUT2D eigenvalue weighted by Crippen LogP contribution is 2.31. The molecular formula is C17H20N2O. The second-order valence-corrected chi connectivity index (χ2v) is 5.13. The highest BCUT2D eigenvalue weighted by molar-refractivity contribution is 5.43. The molecule has 1 aromatic carbocycles. The lowest BCUT2D eigenvalue weighted by molar-refractivity contribution is 0.357. The SMILES string of the molecule is CCNC(c1ccc2c(c1)CCO2)c1cccnc1C. The van der Waals surface area contributed by atoms with Crippen molar-refractivity contribution in [1.29, 1.82) is 0 Å². The predicted octanol–water partition coefficient (Wildman–Crippen LogP) is 3.02. The average molecular weight is 268 g/mol. The summed E-state index contributed by atoms with van der Waals surface area (Å²) < 4.78 is 5.59. The van der Waals surface area contributed by atoms with E-state index in [1.165, 1.54) is 16.7 Å². The van der Waals surface area contributed by atoms with E-state index in [-0.39, 0.29) is 6.04 Å². The van der Waals surface area contributed by atoms with Gasteiger partial charge < -0.3 is 10.1 Å². The Bertz CT molecular complexity index is 610. The summed E-state index contributed by atoms with van der Waals surface area (Å²) in [5, 5.41) is 3.57. The van der Waals surface area contributed by atoms with Gasteiger partial charge in [-0.25, -0.2) is 0 Å². The zero-order chi connectivity index (χ0) is 13.9. The van der Waals surface area contributed by atoms with E-state index < -0.39 is 0 Å². The highest BCUT2D eigenvalue weighted by atomic mass is 16.5. The van der Waals surface area contributed by atoms with Gasteiger partial charge in [0.1, 0.15) is 5.75 Å². The van der Waals surface area contributed by atoms with E-state index in [1.54, 1.807) is 0 Å². The molecule has 2 aromatic rings. The van der Waals surface area contributed by atoms with Crippen LogP contribution in [-0.4, -0.2) is 18.1 Å². The molecule has 0 amide bonds. The van der Waals surface area contributed by atoms with Crippen molar-refractivity contribution in [2.75, 3.05) is 13.2 Å². The van der Waals surface area contributed by atoms with Crippen LogP contribution in [0.3, 0.4) is 0 Å². The number of benzene rings is 1. The normalized spacial score (nSPS) is 14.7. The van der Waals surface area contributed by atoms with Crippen LogP contribution in [0.4, 0.5) is 0 Å². The van der Waals surface area contributed by atoms with Crippen LogP contribution in [0.15, 0.2) is 36.5 Å². The Morgan fingerprint density at radius 2 is 2.25 bits per heavy atom. The number of rotatable bonds is 4. The molecule has 0 bridgehead atoms. The van der Waals surface area contributed by atoms with E-state index in [2.05, 4.69) is 48.4 Å². The standard InChI is InChI=1S/C17H20N2O/c1-3-18-17(15-5-4-9-19-12(15)2)14-6-7-16-13(11-14)8-10-20-16/h4-7,9,11,17-18H,3,8,10H2,1-2H3. The predicted molar refractivity (Wildman–Crippen MR) is 80.1 cm³/mol. The molecule has 1 N–H and O–H groups in total. The van der Waals surface area contributed by atoms with Crippen molar-refractivity contribution >= 4 is 0 Å². The van der Waals surface area contributed by atoms with Gasteiger partial charge in [0.15, 0.2) is 0 Å². The number of nitrogens with one attached hydrogen (secondary N) is 1. The summed E-state index contributed by atoms with van der Waals surface area (Å²) in [5.41, 5.74) is 4.92. The van der Waals surface area contributed by atoms with Gasteiger partial charge in [0.25, 0.3) is 0 Å². The minimum absolute atomic E-state index is 0.194. The minimum atomic E-state index is 0.194. The van der Waals surface area contributed by atoms with Gasteiger partial charge in [-0.15, -0.1) is 0 Å². The van der Waals surface area contributed by atoms with Crippen LogP contribution >= 0.6 is 0 Å². The second-order valence-electron chi connectivity index (χ2n) is 5.13. The zero-order valence-corrected chi connectivity index (χ0v) is 12.0. The smallest absolute Gasteiger partial charge is 0.122 e. The minimum Gasteiger partial charge on any atom is -0.493 e. The lowest BCUT2D eigenvalue weighted by atomic mass is 9.95. The van der Waals surface area contributed by atoms with Crippen LogP contribution in [0.5, 0.6) is 5.75 Å². The third-order valence-corrected chi connectivity index (χ3v) is 3.81. The molecule has 1 aromatic heterocycles. The number of aromatic nitrogens is 1. The molecule has 3 nitrogen and oxygen atoms in total. The fraction of sp³-hybridized carbons (Fsp3) is 0.353. The summed E-state index contributed by atoms with van der Waals surface area (Å²) >= 11 is 0. The molecule has 0 spiro atoms. The molecule has 0 saturated heterocycles. The van der Waals surface area contributed by atoms with Crippen molar-refractivity contribution in [2.24, 2.45) is 0 Å². The van der Waals surface area contributed by atoms with E-state index in [0.29, 0.717) is 0 Å². The summed E-state index contributed by atoms with van der Waals surface area (Å²) in [4.78, 5) is 4.42. The van der Waals surface area contributed by atoms with E-state index in [9.17, 15) is 0 Å². The van der Waals surface area contributed by atoms with Gasteiger partial charge in [0.2, 0.25) is 0 Å². The monoisotopic (exact) mass is 268 g/mol. The van der Waals surface area contributed by atoms with Gasteiger partial charge in [-0.2, -0.15) is 0 Å². The van der Waals surface area contributed by atoms with Crippen LogP contribution in [0, 0.1) is 6.92 Å². The summed E-state index contributed by atoms with van der Waals surface area (Å²) in [7, 11) is 0. The Morgan fingerprint density at radius 3 is 3.05 bits per heavy atom. The fourth-order valence-electron chi connectivity index (χ4n) is 2.80. The molecule has 20 heavy (non-hydrogen) atoms. The Morgan fingerprint density at radius 1 is 1.35 bits per heavy atom. The van der Waals surface area contributed by atoms with Gasteiger partial charge in [-0.1, -0.05) is 25.1 Å². The number of aryl methyl sites for hydroxylation is 1. The van der Waals surface area contributed by atoms with Gasteiger partial charge in [-0.3, -0.25) is 4.98 Å². The number of nitrogens with zero attached hydrogens (tertiary/aromatic N) is 1. The third kappa shape index (κ3) is 2.41. The molecule has 1 atom stereocenters. The molecule has 1 aliphatic heterocycles. The van der Waals surface area contributed by atoms with Crippen molar-refractivity contribution in [3.63, 3.8) is 0 Å². The maximum absolute atomic E-state index is 5.59. The first-order valence-corrected chi connectivity index (χ1v) is 7.20. The molecule has 2 heterocycles. The lowest BCUT2D eigenvalue weighted by Crippen LogP contribution is -2.23. The zero-order valence-electron chi connectivity index (χ0n) is 12.0. The molecule has 104 valence electrons. The topological polar surface area (TPSA) is 34.1 Å². The van der Waals surface area contributed by atoms with Crippen molar-refractivity contribution in [2.45, 2.75) is 26.3 Å². The number of hydrogen-bond acceptors (Lipinski definition) is 3. The number of hydrogen-bond donors (Lipinski definition) is 1. The molecular weight excluding hydrogens is 248 g/mol. The molecule has 0 saturated carbocycles. The van der Waals surface area contributed by atoms with Gasteiger partial charge >= 0.3 is 0 Å². The Labute approximate surface area is 120 Å². The highest BCUT2D eigenvalue weighted by Gasteiger charge is 2.19. The number of pyridine rings is 1. The van der Waals surface area contributed by atoms with Gasteiger partial charge in [-0.05, 0) is 42.3 Å². The first-order valence-electron chi connectivity index (χ1n) is 7.20. The summed E-state index contributed by atoms with van der Waals surface area (Å²) in [5.74, 6) is 1.03. The second kappa shape index (κ2) is 5.63. The van der Waals surface area contributed by atoms with Crippen molar-refractivity contribution in [3.05, 3.63) is 58.9 Å². The summed E-state index contributed by atoms with van der Waals surface area (Å²) in [6.45, 7) is 5.93. The largest absolute Gasteiger partial charge is 0.493 e. The molecule has 0 aliphatic carbocycles. The van der Waals surface area contributed by atoms with Crippen LogP contribution in [-0.2, 0) is 6.42 Å². The average Bonchev–Trinajstić information content (AvgIpc) is 2.93. The molecule has 0 fully saturated rings. The Balaban J connectivity index is 2.01. The van der Waals surface area contributed by atoms with Gasteiger partial charge in [0.05, 0.1) is 12.6 Å². The lowest BCUT2D eigenvalue weighted by Gasteiger charge is -2.21. The van der Waals surface area contributed by atoms with Crippen LogP contribution < -0.4 is 10.1 Å². The quantitative estimate of drug-likeness (QED) is 0.925. The van der Waals surface area contributed by atoms with Crippen molar-refractivity contribution in [1.82, 2.24) is 10.3 Å². The van der Waals surface area contributed by atoms with Crippen LogP contribution in [0.2, 0.25) is 0 Å². The first kappa shape index (κ1) is 13.1. The maximum atomic E-state index is 5.59. The molecule has 1 unspecified atom stereocenters. The van der Waals surface area contributed by atoms with E-state index in [1.807, 2.05) is 12.3 Å². The first-order chi connectivity index (χ1) is 9.79. The molecule has 1 aliphatic rings. The van der Waals surface area contributed by atoms with E-state index in [0.717, 1.165) is 31.0 Å². The molecule has 3 heteroatoms. The van der Waals surface area contributed by atoms with E-state index >= 15 is 0 Å². The number of fused-ring (bicyclic) bond motifs is 1. The third-order valence-electron chi connectivity index (χ3n) is 3.81. The van der Waals surface area contributed by atoms with Crippen molar-refractivity contribution in [3.8, 4) is 5.75 Å². The van der Waals surface area contributed by atoms with Gasteiger partial charge in [0, 0.05) is 18.3 Å². The summed E-state index contributed by atoms with van der Waals surface area (Å²) in [6, 6.07) is 10.9. The maximum Gasteiger partial charge on any atom is 0.122 e. The van der Waals surface area contributed by atoms with Crippen LogP contribution in [0.25, 0.3) is 0 Å². The number of ether oxygens (including phenoxy) is 1. The summed E-state index contributed by atoms with van der Waals surface area (Å²) in [6.07, 6.45) is 2.85.